The van der Waals surface area contributed by atoms with E-state index in [9.17, 15) is 4.79 Å². The Bertz CT molecular complexity index is 354. The maximum atomic E-state index is 11.9. The van der Waals surface area contributed by atoms with Crippen molar-refractivity contribution in [2.45, 2.75) is 39.2 Å². The van der Waals surface area contributed by atoms with Crippen molar-refractivity contribution >= 4 is 6.09 Å². The molecule has 1 heterocycles. The van der Waals surface area contributed by atoms with Crippen molar-refractivity contribution in [2.75, 3.05) is 13.1 Å². The van der Waals surface area contributed by atoms with Crippen molar-refractivity contribution in [1.82, 2.24) is 10.3 Å². The van der Waals surface area contributed by atoms with E-state index in [1.807, 2.05) is 20.8 Å². The molecule has 0 spiro atoms. The van der Waals surface area contributed by atoms with Crippen molar-refractivity contribution in [3.05, 3.63) is 12.3 Å². The third-order valence-electron chi connectivity index (χ3n) is 2.89. The van der Waals surface area contributed by atoms with Crippen LogP contribution in [0.1, 0.15) is 33.6 Å². The number of nitrogens with two attached hydrogens (primary N) is 1. The minimum Gasteiger partial charge on any atom is -0.444 e. The molecule has 1 aliphatic rings. The molecule has 1 amide bonds. The first-order chi connectivity index (χ1) is 8.83. The molecule has 19 heavy (non-hydrogen) atoms. The minimum atomic E-state index is -0.458. The van der Waals surface area contributed by atoms with Crippen LogP contribution < -0.4 is 11.3 Å². The highest BCUT2D eigenvalue weighted by Crippen LogP contribution is 2.23. The van der Waals surface area contributed by atoms with Gasteiger partial charge in [0.25, 0.3) is 0 Å². The van der Waals surface area contributed by atoms with Gasteiger partial charge in [0.15, 0.2) is 0 Å². The summed E-state index contributed by atoms with van der Waals surface area (Å²) < 4.78 is 5.34. The molecule has 0 aromatic carbocycles. The van der Waals surface area contributed by atoms with Gasteiger partial charge >= 0.3 is 6.09 Å². The highest BCUT2D eigenvalue weighted by atomic mass is 16.6. The van der Waals surface area contributed by atoms with Crippen LogP contribution in [0.15, 0.2) is 22.7 Å². The molecule has 0 atom stereocenters. The molecule has 0 unspecified atom stereocenters. The molecule has 0 aliphatic carbocycles. The Hall–Kier alpha value is -1.79. The van der Waals surface area contributed by atoms with Gasteiger partial charge in [-0.1, -0.05) is 17.0 Å². The maximum absolute atomic E-state index is 11.9. The molecule has 0 bridgehead atoms. The topological polar surface area (TPSA) is 92.3 Å². The summed E-state index contributed by atoms with van der Waals surface area (Å²) in [4.78, 5) is 13.6. The molecule has 1 fully saturated rings. The van der Waals surface area contributed by atoms with Gasteiger partial charge in [-0.3, -0.25) is 5.43 Å². The molecule has 0 aromatic rings. The number of hydrogen-bond acceptors (Lipinski definition) is 4. The average Bonchev–Trinajstić information content (AvgIpc) is 2.34. The molecule has 108 valence electrons. The number of nitrogens with zero attached hydrogens (tertiary/aromatic N) is 3. The lowest BCUT2D eigenvalue weighted by Crippen LogP contribution is -2.42. The fourth-order valence-corrected chi connectivity index (χ4v) is 1.92. The standard InChI is InChI=1S/C12H23N5O2/c1-9(14-16-15-13)10-5-7-17(8-6-10)11(18)19-12(2,3)4/h10H,1,5-8H2,2-4H3,(H2,13,16)(H,14,15). The van der Waals surface area contributed by atoms with Crippen LogP contribution in [0, 0.1) is 5.92 Å². The largest absolute Gasteiger partial charge is 0.444 e. The van der Waals surface area contributed by atoms with Crippen molar-refractivity contribution in [1.29, 1.82) is 0 Å². The van der Waals surface area contributed by atoms with Crippen molar-refractivity contribution in [3.8, 4) is 0 Å². The summed E-state index contributed by atoms with van der Waals surface area (Å²) in [5.41, 5.74) is 3.01. The Morgan fingerprint density at radius 1 is 1.42 bits per heavy atom. The smallest absolute Gasteiger partial charge is 0.410 e. The SMILES string of the molecule is C=C(N/N=N\N)C1CCN(C(=O)OC(C)(C)C)CC1. The second-order valence-corrected chi connectivity index (χ2v) is 5.59. The number of ether oxygens (including phenoxy) is 1. The Morgan fingerprint density at radius 3 is 2.47 bits per heavy atom. The van der Waals surface area contributed by atoms with Crippen LogP contribution in [0.5, 0.6) is 0 Å². The molecule has 3 N–H and O–H groups in total. The van der Waals surface area contributed by atoms with Crippen LogP contribution >= 0.6 is 0 Å². The van der Waals surface area contributed by atoms with E-state index in [2.05, 4.69) is 22.5 Å². The quantitative estimate of drug-likeness (QED) is 0.465. The van der Waals surface area contributed by atoms with E-state index < -0.39 is 5.60 Å². The van der Waals surface area contributed by atoms with Gasteiger partial charge in [0.1, 0.15) is 5.60 Å². The summed E-state index contributed by atoms with van der Waals surface area (Å²) in [6, 6.07) is 0. The summed E-state index contributed by atoms with van der Waals surface area (Å²) in [5, 5.41) is 6.62. The number of allylic oxidation sites excluding steroid dienone is 1. The average molecular weight is 269 g/mol. The number of likely N-dealkylation sites (tertiary alicyclic amines) is 1. The van der Waals surface area contributed by atoms with Gasteiger partial charge < -0.3 is 15.5 Å². The Kier molecular flexibility index (Phi) is 5.14. The van der Waals surface area contributed by atoms with Gasteiger partial charge in [-0.25, -0.2) is 4.79 Å². The fraction of sp³-hybridized carbons (Fsp3) is 0.750. The van der Waals surface area contributed by atoms with Gasteiger partial charge in [-0.05, 0) is 33.6 Å². The number of hydrogen-bond donors (Lipinski definition) is 2. The highest BCUT2D eigenvalue weighted by molar-refractivity contribution is 5.68. The molecule has 0 aromatic heterocycles. The third kappa shape index (κ3) is 5.15. The van der Waals surface area contributed by atoms with E-state index in [1.165, 1.54) is 0 Å². The first-order valence-electron chi connectivity index (χ1n) is 6.36. The molecule has 7 nitrogen and oxygen atoms in total. The third-order valence-corrected chi connectivity index (χ3v) is 2.89. The van der Waals surface area contributed by atoms with E-state index in [-0.39, 0.29) is 12.0 Å². The molecule has 0 saturated carbocycles. The Balaban J connectivity index is 2.40. The lowest BCUT2D eigenvalue weighted by molar-refractivity contribution is 0.0193. The number of carbonyl (C=O) groups excluding carboxylic acids is 1. The van der Waals surface area contributed by atoms with Crippen molar-refractivity contribution in [2.24, 2.45) is 22.2 Å². The summed E-state index contributed by atoms with van der Waals surface area (Å²) in [6.45, 7) is 10.8. The van der Waals surface area contributed by atoms with E-state index >= 15 is 0 Å². The zero-order chi connectivity index (χ0) is 14.5. The predicted octanol–water partition coefficient (Wildman–Crippen LogP) is 1.98. The Morgan fingerprint density at radius 2 is 2.00 bits per heavy atom. The van der Waals surface area contributed by atoms with E-state index in [0.29, 0.717) is 13.1 Å². The molecular weight excluding hydrogens is 246 g/mol. The van der Waals surface area contributed by atoms with Crippen LogP contribution in [0.3, 0.4) is 0 Å². The number of carbonyl (C=O) groups is 1. The number of rotatable bonds is 3. The van der Waals surface area contributed by atoms with Gasteiger partial charge in [0.05, 0.1) is 0 Å². The monoisotopic (exact) mass is 269 g/mol. The maximum Gasteiger partial charge on any atom is 0.410 e. The zero-order valence-electron chi connectivity index (χ0n) is 11.8. The Labute approximate surface area is 113 Å². The van der Waals surface area contributed by atoms with Crippen LogP contribution in [0.25, 0.3) is 0 Å². The number of nitrogens with one attached hydrogen (secondary N) is 1. The second kappa shape index (κ2) is 6.40. The molecule has 7 heteroatoms. The molecule has 1 saturated heterocycles. The first-order valence-corrected chi connectivity index (χ1v) is 6.36. The van der Waals surface area contributed by atoms with Crippen LogP contribution in [0.2, 0.25) is 0 Å². The van der Waals surface area contributed by atoms with Crippen molar-refractivity contribution < 1.29 is 9.53 Å². The summed E-state index contributed by atoms with van der Waals surface area (Å²) in [6.07, 6.45) is 1.39. The normalized spacial score (nSPS) is 17.5. The predicted molar refractivity (Wildman–Crippen MR) is 71.9 cm³/mol. The zero-order valence-corrected chi connectivity index (χ0v) is 11.8. The van der Waals surface area contributed by atoms with E-state index in [1.54, 1.807) is 4.90 Å². The molecule has 1 rings (SSSR count). The second-order valence-electron chi connectivity index (χ2n) is 5.59. The van der Waals surface area contributed by atoms with Crippen LogP contribution in [0.4, 0.5) is 4.79 Å². The van der Waals surface area contributed by atoms with Crippen LogP contribution in [-0.2, 0) is 4.74 Å². The highest BCUT2D eigenvalue weighted by Gasteiger charge is 2.27. The number of piperidine rings is 1. The molecular formula is C12H23N5O2. The van der Waals surface area contributed by atoms with Gasteiger partial charge in [-0.15, -0.1) is 0 Å². The van der Waals surface area contributed by atoms with Gasteiger partial charge in [0, 0.05) is 24.7 Å². The minimum absolute atomic E-state index is 0.258. The van der Waals surface area contributed by atoms with E-state index in [4.69, 9.17) is 10.6 Å². The lowest BCUT2D eigenvalue weighted by Gasteiger charge is -2.33. The molecule has 1 aliphatic heterocycles. The number of amides is 1. The summed E-state index contributed by atoms with van der Waals surface area (Å²) in [5.74, 6) is 5.18. The summed E-state index contributed by atoms with van der Waals surface area (Å²) in [7, 11) is 0. The lowest BCUT2D eigenvalue weighted by atomic mass is 9.94. The first kappa shape index (κ1) is 15.3. The molecule has 0 radical (unpaired) electrons. The van der Waals surface area contributed by atoms with Crippen LogP contribution in [-0.4, -0.2) is 29.7 Å². The summed E-state index contributed by atoms with van der Waals surface area (Å²) >= 11 is 0. The van der Waals surface area contributed by atoms with Gasteiger partial charge in [-0.2, -0.15) is 0 Å². The van der Waals surface area contributed by atoms with Gasteiger partial charge in [0.2, 0.25) is 0 Å². The fourth-order valence-electron chi connectivity index (χ4n) is 1.92. The van der Waals surface area contributed by atoms with Crippen molar-refractivity contribution in [3.63, 3.8) is 0 Å². The van der Waals surface area contributed by atoms with E-state index in [0.717, 1.165) is 18.5 Å².